The Labute approximate surface area is 123 Å². The molecule has 0 aliphatic carbocycles. The summed E-state index contributed by atoms with van der Waals surface area (Å²) in [5.74, 6) is 2.04. The average Bonchev–Trinajstić information content (AvgIpc) is 2.93. The van der Waals surface area contributed by atoms with E-state index >= 15 is 0 Å². The second-order valence-electron chi connectivity index (χ2n) is 5.07. The summed E-state index contributed by atoms with van der Waals surface area (Å²) in [5, 5.41) is 6.75. The van der Waals surface area contributed by atoms with Gasteiger partial charge in [-0.05, 0) is 12.1 Å². The number of hydrogen-bond donors (Lipinski definition) is 2. The first-order valence-electron chi connectivity index (χ1n) is 7.03. The third-order valence-electron chi connectivity index (χ3n) is 3.71. The molecule has 7 heteroatoms. The van der Waals surface area contributed by atoms with Gasteiger partial charge in [-0.1, -0.05) is 12.1 Å². The molecule has 1 aromatic heterocycles. The van der Waals surface area contributed by atoms with E-state index in [4.69, 9.17) is 10.5 Å². The number of para-hydroxylation sites is 2. The molecule has 1 aliphatic heterocycles. The van der Waals surface area contributed by atoms with Crippen LogP contribution in [0.4, 0.5) is 11.6 Å². The fourth-order valence-corrected chi connectivity index (χ4v) is 2.62. The predicted octanol–water partition coefficient (Wildman–Crippen LogP) is 0.718. The number of nitrogens with zero attached hydrogens (tertiary/aromatic N) is 4. The molecule has 0 radical (unpaired) electrons. The van der Waals surface area contributed by atoms with Gasteiger partial charge in [-0.2, -0.15) is 10.1 Å². The molecule has 0 saturated carbocycles. The summed E-state index contributed by atoms with van der Waals surface area (Å²) >= 11 is 0. The molecule has 21 heavy (non-hydrogen) atoms. The molecule has 7 nitrogen and oxygen atoms in total. The summed E-state index contributed by atoms with van der Waals surface area (Å²) < 4.78 is 5.43. The molecule has 0 atom stereocenters. The predicted molar refractivity (Wildman–Crippen MR) is 81.3 cm³/mol. The van der Waals surface area contributed by atoms with E-state index in [1.54, 1.807) is 7.11 Å². The van der Waals surface area contributed by atoms with Crippen LogP contribution in [0.25, 0.3) is 0 Å². The molecule has 1 aromatic carbocycles. The summed E-state index contributed by atoms with van der Waals surface area (Å²) in [6.45, 7) is 4.58. The molecule has 3 N–H and O–H groups in total. The summed E-state index contributed by atoms with van der Waals surface area (Å²) in [6, 6.07) is 8.13. The fraction of sp³-hybridized carbons (Fsp3) is 0.429. The molecule has 0 bridgehead atoms. The van der Waals surface area contributed by atoms with Gasteiger partial charge in [-0.15, -0.1) is 0 Å². The van der Waals surface area contributed by atoms with Crippen LogP contribution in [-0.4, -0.2) is 53.4 Å². The molecule has 0 spiro atoms. The Hall–Kier alpha value is -2.28. The zero-order valence-electron chi connectivity index (χ0n) is 12.1. The molecule has 1 saturated heterocycles. The van der Waals surface area contributed by atoms with Crippen molar-refractivity contribution in [3.63, 3.8) is 0 Å². The molecular weight excluding hydrogens is 268 g/mol. The lowest BCUT2D eigenvalue weighted by molar-refractivity contribution is 0.243. The second-order valence-corrected chi connectivity index (χ2v) is 5.07. The van der Waals surface area contributed by atoms with Gasteiger partial charge in [-0.3, -0.25) is 4.90 Å². The van der Waals surface area contributed by atoms with Crippen molar-refractivity contribution in [3.05, 3.63) is 30.1 Å². The highest BCUT2D eigenvalue weighted by molar-refractivity contribution is 5.58. The van der Waals surface area contributed by atoms with E-state index in [9.17, 15) is 0 Å². The fourth-order valence-electron chi connectivity index (χ4n) is 2.62. The SMILES string of the molecule is COc1ccccc1N1CCN(Cc2n[nH]c(N)n2)CC1. The number of piperazine rings is 1. The molecule has 2 heterocycles. The maximum absolute atomic E-state index is 5.54. The van der Waals surface area contributed by atoms with Crippen LogP contribution in [0.5, 0.6) is 5.75 Å². The van der Waals surface area contributed by atoms with Crippen LogP contribution in [-0.2, 0) is 6.54 Å². The van der Waals surface area contributed by atoms with E-state index in [-0.39, 0.29) is 0 Å². The van der Waals surface area contributed by atoms with Gasteiger partial charge in [0, 0.05) is 26.2 Å². The van der Waals surface area contributed by atoms with Gasteiger partial charge >= 0.3 is 0 Å². The summed E-state index contributed by atoms with van der Waals surface area (Å²) in [6.07, 6.45) is 0. The van der Waals surface area contributed by atoms with Crippen molar-refractivity contribution < 1.29 is 4.74 Å². The maximum Gasteiger partial charge on any atom is 0.216 e. The number of benzene rings is 1. The third kappa shape index (κ3) is 3.08. The van der Waals surface area contributed by atoms with Crippen molar-refractivity contribution in [2.75, 3.05) is 43.9 Å². The Balaban J connectivity index is 1.60. The summed E-state index contributed by atoms with van der Waals surface area (Å²) in [4.78, 5) is 8.82. The lowest BCUT2D eigenvalue weighted by Gasteiger charge is -2.36. The van der Waals surface area contributed by atoms with Crippen molar-refractivity contribution in [1.29, 1.82) is 0 Å². The van der Waals surface area contributed by atoms with Crippen molar-refractivity contribution in [3.8, 4) is 5.75 Å². The van der Waals surface area contributed by atoms with E-state index in [1.807, 2.05) is 18.2 Å². The lowest BCUT2D eigenvalue weighted by atomic mass is 10.2. The van der Waals surface area contributed by atoms with Crippen LogP contribution < -0.4 is 15.4 Å². The highest BCUT2D eigenvalue weighted by Gasteiger charge is 2.20. The van der Waals surface area contributed by atoms with Gasteiger partial charge in [0.15, 0.2) is 5.82 Å². The smallest absolute Gasteiger partial charge is 0.216 e. The normalized spacial score (nSPS) is 16.1. The van der Waals surface area contributed by atoms with E-state index in [1.165, 1.54) is 0 Å². The average molecular weight is 288 g/mol. The van der Waals surface area contributed by atoms with Gasteiger partial charge in [-0.25, -0.2) is 5.10 Å². The number of rotatable bonds is 4. The van der Waals surface area contributed by atoms with Crippen molar-refractivity contribution in [1.82, 2.24) is 20.1 Å². The number of aromatic nitrogens is 3. The van der Waals surface area contributed by atoms with E-state index in [0.717, 1.165) is 50.0 Å². The quantitative estimate of drug-likeness (QED) is 0.862. The first-order valence-corrected chi connectivity index (χ1v) is 7.03. The number of aromatic amines is 1. The first kappa shape index (κ1) is 13.7. The number of H-pyrrole nitrogens is 1. The standard InChI is InChI=1S/C14H20N6O/c1-21-12-5-3-2-4-11(12)20-8-6-19(7-9-20)10-13-16-14(15)18-17-13/h2-5H,6-10H2,1H3,(H3,15,16,17,18). The van der Waals surface area contributed by atoms with Crippen molar-refractivity contribution in [2.24, 2.45) is 0 Å². The maximum atomic E-state index is 5.54. The largest absolute Gasteiger partial charge is 0.495 e. The van der Waals surface area contributed by atoms with Crippen molar-refractivity contribution in [2.45, 2.75) is 6.54 Å². The molecule has 112 valence electrons. The number of nitrogens with two attached hydrogens (primary N) is 1. The topological polar surface area (TPSA) is 83.3 Å². The number of anilines is 2. The Morgan fingerprint density at radius 3 is 2.67 bits per heavy atom. The first-order chi connectivity index (χ1) is 10.3. The number of hydrogen-bond acceptors (Lipinski definition) is 6. The van der Waals surface area contributed by atoms with Gasteiger partial charge in [0.05, 0.1) is 19.3 Å². The Morgan fingerprint density at radius 2 is 2.00 bits per heavy atom. The van der Waals surface area contributed by atoms with E-state index in [0.29, 0.717) is 5.95 Å². The van der Waals surface area contributed by atoms with Crippen LogP contribution in [0.15, 0.2) is 24.3 Å². The zero-order chi connectivity index (χ0) is 14.7. The minimum absolute atomic E-state index is 0.373. The van der Waals surface area contributed by atoms with Gasteiger partial charge in [0.1, 0.15) is 5.75 Å². The Bertz CT molecular complexity index is 591. The van der Waals surface area contributed by atoms with E-state index in [2.05, 4.69) is 31.0 Å². The second kappa shape index (κ2) is 6.01. The number of nitrogen functional groups attached to an aromatic ring is 1. The molecule has 0 amide bonds. The molecule has 1 fully saturated rings. The summed E-state index contributed by atoms with van der Waals surface area (Å²) in [5.41, 5.74) is 6.70. The van der Waals surface area contributed by atoms with Crippen LogP contribution in [0, 0.1) is 0 Å². The number of ether oxygens (including phenoxy) is 1. The Morgan fingerprint density at radius 1 is 1.24 bits per heavy atom. The molecule has 2 aromatic rings. The summed E-state index contributed by atoms with van der Waals surface area (Å²) in [7, 11) is 1.71. The highest BCUT2D eigenvalue weighted by Crippen LogP contribution is 2.28. The van der Waals surface area contributed by atoms with Crippen LogP contribution in [0.1, 0.15) is 5.82 Å². The minimum Gasteiger partial charge on any atom is -0.495 e. The van der Waals surface area contributed by atoms with Gasteiger partial charge in [0.25, 0.3) is 0 Å². The molecule has 3 rings (SSSR count). The minimum atomic E-state index is 0.373. The lowest BCUT2D eigenvalue weighted by Crippen LogP contribution is -2.46. The van der Waals surface area contributed by atoms with Crippen molar-refractivity contribution >= 4 is 11.6 Å². The molecule has 1 aliphatic rings. The van der Waals surface area contributed by atoms with Gasteiger partial charge < -0.3 is 15.4 Å². The Kier molecular flexibility index (Phi) is 3.92. The highest BCUT2D eigenvalue weighted by atomic mass is 16.5. The van der Waals surface area contributed by atoms with E-state index < -0.39 is 0 Å². The zero-order valence-corrected chi connectivity index (χ0v) is 12.1. The third-order valence-corrected chi connectivity index (χ3v) is 3.71. The number of methoxy groups -OCH3 is 1. The van der Waals surface area contributed by atoms with Crippen LogP contribution in [0.2, 0.25) is 0 Å². The van der Waals surface area contributed by atoms with Crippen LogP contribution in [0.3, 0.4) is 0 Å². The molecule has 0 unspecified atom stereocenters. The monoisotopic (exact) mass is 288 g/mol. The van der Waals surface area contributed by atoms with Crippen LogP contribution >= 0.6 is 0 Å². The molecular formula is C14H20N6O. The van der Waals surface area contributed by atoms with Gasteiger partial charge in [0.2, 0.25) is 5.95 Å². The number of nitrogens with one attached hydrogen (secondary N) is 1.